The minimum atomic E-state index is -0.617. The Morgan fingerprint density at radius 2 is 1.66 bits per heavy atom. The van der Waals surface area contributed by atoms with Crippen LogP contribution in [0.5, 0.6) is 0 Å². The predicted molar refractivity (Wildman–Crippen MR) is 109 cm³/mol. The van der Waals surface area contributed by atoms with Crippen molar-refractivity contribution in [3.8, 4) is 11.3 Å². The molecule has 1 heterocycles. The number of carbonyl (C=O) groups is 3. The van der Waals surface area contributed by atoms with E-state index in [0.717, 1.165) is 5.56 Å². The normalized spacial score (nSPS) is 10.4. The van der Waals surface area contributed by atoms with Gasteiger partial charge in [-0.2, -0.15) is 0 Å². The molecule has 0 aliphatic carbocycles. The van der Waals surface area contributed by atoms with E-state index in [4.69, 9.17) is 9.72 Å². The summed E-state index contributed by atoms with van der Waals surface area (Å²) in [5, 5.41) is 5.43. The van der Waals surface area contributed by atoms with Gasteiger partial charge in [0.15, 0.2) is 6.61 Å². The van der Waals surface area contributed by atoms with Gasteiger partial charge in [0, 0.05) is 18.0 Å². The van der Waals surface area contributed by atoms with Crippen LogP contribution in [-0.4, -0.2) is 43.0 Å². The van der Waals surface area contributed by atoms with E-state index in [2.05, 4.69) is 10.6 Å². The third kappa shape index (κ3) is 4.57. The maximum Gasteiger partial charge on any atom is 0.339 e. The summed E-state index contributed by atoms with van der Waals surface area (Å²) in [6.45, 7) is 1.15. The zero-order valence-corrected chi connectivity index (χ0v) is 16.2. The number of pyridine rings is 1. The van der Waals surface area contributed by atoms with Crippen LogP contribution in [0.4, 0.5) is 0 Å². The van der Waals surface area contributed by atoms with E-state index in [1.165, 1.54) is 7.05 Å². The van der Waals surface area contributed by atoms with Crippen LogP contribution in [-0.2, 0) is 14.3 Å². The van der Waals surface area contributed by atoms with Crippen LogP contribution in [0.15, 0.2) is 54.6 Å². The lowest BCUT2D eigenvalue weighted by molar-refractivity contribution is -0.127. The van der Waals surface area contributed by atoms with Gasteiger partial charge < -0.3 is 15.4 Å². The van der Waals surface area contributed by atoms with Crippen molar-refractivity contribution in [1.29, 1.82) is 0 Å². The quantitative estimate of drug-likeness (QED) is 0.628. The van der Waals surface area contributed by atoms with E-state index in [0.29, 0.717) is 27.7 Å². The summed E-state index contributed by atoms with van der Waals surface area (Å²) >= 11 is 0. The maximum atomic E-state index is 12.9. The molecule has 0 spiro atoms. The Kier molecular flexibility index (Phi) is 6.19. The number of benzene rings is 2. The lowest BCUT2D eigenvalue weighted by Crippen LogP contribution is -2.37. The lowest BCUT2D eigenvalue weighted by Gasteiger charge is -2.14. The standard InChI is InChI=1S/C22H21N3O4/c1-14-20(22(28)29-13-19(27)24-12-18(26)23-2)16-10-6-7-11-17(16)25-21(14)15-8-4-3-5-9-15/h3-11H,12-13H2,1-2H3,(H,23,26)(H,24,27). The minimum absolute atomic E-state index is 0.178. The number of nitrogens with one attached hydrogen (secondary N) is 2. The smallest absolute Gasteiger partial charge is 0.339 e. The lowest BCUT2D eigenvalue weighted by atomic mass is 9.98. The molecule has 0 aliphatic rings. The fraction of sp³-hybridized carbons (Fsp3) is 0.182. The molecule has 3 rings (SSSR count). The molecule has 7 nitrogen and oxygen atoms in total. The van der Waals surface area contributed by atoms with Gasteiger partial charge in [0.2, 0.25) is 5.91 Å². The molecule has 7 heteroatoms. The van der Waals surface area contributed by atoms with E-state index in [1.807, 2.05) is 55.5 Å². The van der Waals surface area contributed by atoms with Crippen LogP contribution in [0.3, 0.4) is 0 Å². The van der Waals surface area contributed by atoms with Crippen molar-refractivity contribution in [3.05, 3.63) is 65.7 Å². The van der Waals surface area contributed by atoms with Crippen LogP contribution in [0.1, 0.15) is 15.9 Å². The number of hydrogen-bond donors (Lipinski definition) is 2. The molecule has 0 bridgehead atoms. The van der Waals surface area contributed by atoms with Gasteiger partial charge in [0.05, 0.1) is 23.3 Å². The molecule has 2 N–H and O–H groups in total. The number of rotatable bonds is 6. The number of esters is 1. The first-order chi connectivity index (χ1) is 14.0. The summed E-state index contributed by atoms with van der Waals surface area (Å²) in [7, 11) is 1.47. The van der Waals surface area contributed by atoms with E-state index in [-0.39, 0.29) is 12.5 Å². The number of likely N-dealkylation sites (N-methyl/N-ethyl adjacent to an activating group) is 1. The third-order valence-corrected chi connectivity index (χ3v) is 4.45. The molecular weight excluding hydrogens is 370 g/mol. The van der Waals surface area contributed by atoms with E-state index in [1.54, 1.807) is 6.07 Å². The molecule has 0 fully saturated rings. The number of carbonyl (C=O) groups excluding carboxylic acids is 3. The molecule has 1 aromatic heterocycles. The summed E-state index contributed by atoms with van der Waals surface area (Å²) in [6.07, 6.45) is 0. The van der Waals surface area contributed by atoms with Gasteiger partial charge in [-0.25, -0.2) is 9.78 Å². The fourth-order valence-corrected chi connectivity index (χ4v) is 2.97. The maximum absolute atomic E-state index is 12.9. The highest BCUT2D eigenvalue weighted by Gasteiger charge is 2.20. The summed E-state index contributed by atoms with van der Waals surface area (Å²) in [5.41, 5.74) is 3.26. The highest BCUT2D eigenvalue weighted by Crippen LogP contribution is 2.30. The van der Waals surface area contributed by atoms with Gasteiger partial charge in [-0.05, 0) is 18.6 Å². The zero-order valence-electron chi connectivity index (χ0n) is 16.2. The van der Waals surface area contributed by atoms with Gasteiger partial charge in [-0.3, -0.25) is 9.59 Å². The first-order valence-electron chi connectivity index (χ1n) is 9.10. The second-order valence-corrected chi connectivity index (χ2v) is 6.37. The molecule has 0 aliphatic heterocycles. The summed E-state index contributed by atoms with van der Waals surface area (Å²) in [4.78, 5) is 40.6. The Bertz CT molecular complexity index is 1060. The third-order valence-electron chi connectivity index (χ3n) is 4.45. The average molecular weight is 391 g/mol. The molecule has 2 amide bonds. The topological polar surface area (TPSA) is 97.4 Å². The monoisotopic (exact) mass is 391 g/mol. The van der Waals surface area contributed by atoms with Crippen molar-refractivity contribution in [1.82, 2.24) is 15.6 Å². The molecular formula is C22H21N3O4. The molecule has 0 atom stereocenters. The van der Waals surface area contributed by atoms with Gasteiger partial charge in [0.25, 0.3) is 5.91 Å². The SMILES string of the molecule is CNC(=O)CNC(=O)COC(=O)c1c(C)c(-c2ccccc2)nc2ccccc12. The molecule has 2 aromatic carbocycles. The number of hydrogen-bond acceptors (Lipinski definition) is 5. The molecule has 0 unspecified atom stereocenters. The van der Waals surface area contributed by atoms with Crippen molar-refractivity contribution >= 4 is 28.7 Å². The van der Waals surface area contributed by atoms with Crippen molar-refractivity contribution in [3.63, 3.8) is 0 Å². The summed E-state index contributed by atoms with van der Waals surface area (Å²) in [6, 6.07) is 16.9. The van der Waals surface area contributed by atoms with Gasteiger partial charge in [0.1, 0.15) is 0 Å². The number of para-hydroxylation sites is 1. The predicted octanol–water partition coefficient (Wildman–Crippen LogP) is 2.23. The largest absolute Gasteiger partial charge is 0.452 e. The Morgan fingerprint density at radius 3 is 2.38 bits per heavy atom. The first-order valence-corrected chi connectivity index (χ1v) is 9.10. The second-order valence-electron chi connectivity index (χ2n) is 6.37. The van der Waals surface area contributed by atoms with Crippen LogP contribution < -0.4 is 10.6 Å². The van der Waals surface area contributed by atoms with Crippen LogP contribution in [0.2, 0.25) is 0 Å². The minimum Gasteiger partial charge on any atom is -0.452 e. The zero-order chi connectivity index (χ0) is 20.8. The van der Waals surface area contributed by atoms with E-state index >= 15 is 0 Å². The number of nitrogens with zero attached hydrogens (tertiary/aromatic N) is 1. The molecule has 29 heavy (non-hydrogen) atoms. The Morgan fingerprint density at radius 1 is 0.966 bits per heavy atom. The van der Waals surface area contributed by atoms with Gasteiger partial charge >= 0.3 is 5.97 Å². The Balaban J connectivity index is 1.89. The molecule has 3 aromatic rings. The number of ether oxygens (including phenoxy) is 1. The Hall–Kier alpha value is -3.74. The van der Waals surface area contributed by atoms with E-state index in [9.17, 15) is 14.4 Å². The number of fused-ring (bicyclic) bond motifs is 1. The van der Waals surface area contributed by atoms with Gasteiger partial charge in [-0.1, -0.05) is 48.5 Å². The molecule has 0 radical (unpaired) electrons. The first kappa shape index (κ1) is 20.0. The highest BCUT2D eigenvalue weighted by molar-refractivity contribution is 6.07. The fourth-order valence-electron chi connectivity index (χ4n) is 2.97. The highest BCUT2D eigenvalue weighted by atomic mass is 16.5. The Labute approximate surface area is 168 Å². The van der Waals surface area contributed by atoms with Crippen LogP contribution in [0, 0.1) is 6.92 Å². The molecule has 0 saturated heterocycles. The van der Waals surface area contributed by atoms with Crippen molar-refractivity contribution in [2.75, 3.05) is 20.2 Å². The van der Waals surface area contributed by atoms with Crippen molar-refractivity contribution < 1.29 is 19.1 Å². The van der Waals surface area contributed by atoms with Gasteiger partial charge in [-0.15, -0.1) is 0 Å². The van der Waals surface area contributed by atoms with Crippen LogP contribution >= 0.6 is 0 Å². The molecule has 0 saturated carbocycles. The average Bonchev–Trinajstić information content (AvgIpc) is 2.75. The van der Waals surface area contributed by atoms with Crippen LogP contribution in [0.25, 0.3) is 22.2 Å². The second kappa shape index (κ2) is 8.97. The number of amides is 2. The van der Waals surface area contributed by atoms with Crippen molar-refractivity contribution in [2.24, 2.45) is 0 Å². The van der Waals surface area contributed by atoms with Crippen molar-refractivity contribution in [2.45, 2.75) is 6.92 Å². The molecule has 148 valence electrons. The summed E-state index contributed by atoms with van der Waals surface area (Å²) in [5.74, 6) is -1.51. The summed E-state index contributed by atoms with van der Waals surface area (Å²) < 4.78 is 5.23. The number of aromatic nitrogens is 1. The van der Waals surface area contributed by atoms with E-state index < -0.39 is 18.5 Å².